The first-order valence-electron chi connectivity index (χ1n) is 7.21. The number of aliphatic hydroxyl groups is 2. The third-order valence-electron chi connectivity index (χ3n) is 4.09. The number of nitrogens with zero attached hydrogens (tertiary/aromatic N) is 1. The maximum Gasteiger partial charge on any atom is 0.289 e. The third kappa shape index (κ3) is 2.63. The highest BCUT2D eigenvalue weighted by Gasteiger charge is 2.31. The van der Waals surface area contributed by atoms with Gasteiger partial charge < -0.3 is 19.5 Å². The van der Waals surface area contributed by atoms with Gasteiger partial charge in [-0.05, 0) is 18.6 Å². The Balaban J connectivity index is 1.88. The van der Waals surface area contributed by atoms with Crippen molar-refractivity contribution in [1.29, 1.82) is 0 Å². The molecule has 2 atom stereocenters. The van der Waals surface area contributed by atoms with Crippen molar-refractivity contribution in [3.05, 3.63) is 46.3 Å². The molecule has 22 heavy (non-hydrogen) atoms. The minimum Gasteiger partial charge on any atom is -0.451 e. The molecule has 1 aromatic carbocycles. The molecule has 0 bridgehead atoms. The SMILES string of the molecule is O=C(c1cc(=O)c2ccccc2o1)N1CC[C@H](CO)[C@H](O)C1. The minimum atomic E-state index is -0.769. The van der Waals surface area contributed by atoms with Gasteiger partial charge in [0.25, 0.3) is 5.91 Å². The summed E-state index contributed by atoms with van der Waals surface area (Å²) >= 11 is 0. The minimum absolute atomic E-state index is 0.0293. The molecule has 1 saturated heterocycles. The predicted octanol–water partition coefficient (Wildman–Crippen LogP) is 0.608. The standard InChI is InChI=1S/C16H17NO5/c18-9-10-5-6-17(8-13(10)20)16(21)15-7-12(19)11-3-1-2-4-14(11)22-15/h1-4,7,10,13,18,20H,5-6,8-9H2/t10-,13-/m1/s1. The summed E-state index contributed by atoms with van der Waals surface area (Å²) in [5, 5.41) is 19.5. The first kappa shape index (κ1) is 14.7. The van der Waals surface area contributed by atoms with Crippen molar-refractivity contribution in [2.75, 3.05) is 19.7 Å². The van der Waals surface area contributed by atoms with Crippen LogP contribution in [-0.2, 0) is 0 Å². The number of hydrogen-bond acceptors (Lipinski definition) is 5. The summed E-state index contributed by atoms with van der Waals surface area (Å²) in [7, 11) is 0. The zero-order chi connectivity index (χ0) is 15.7. The molecule has 2 N–H and O–H groups in total. The van der Waals surface area contributed by atoms with Crippen LogP contribution in [0.15, 0.2) is 39.5 Å². The van der Waals surface area contributed by atoms with Gasteiger partial charge >= 0.3 is 0 Å². The Kier molecular flexibility index (Phi) is 3.96. The second kappa shape index (κ2) is 5.90. The third-order valence-corrected chi connectivity index (χ3v) is 4.09. The quantitative estimate of drug-likeness (QED) is 0.848. The lowest BCUT2D eigenvalue weighted by Gasteiger charge is -2.34. The molecule has 2 aromatic rings. The predicted molar refractivity (Wildman–Crippen MR) is 79.6 cm³/mol. The van der Waals surface area contributed by atoms with E-state index in [4.69, 9.17) is 9.52 Å². The molecular weight excluding hydrogens is 286 g/mol. The molecule has 1 aliphatic heterocycles. The number of carbonyl (C=O) groups excluding carboxylic acids is 1. The number of aliphatic hydroxyl groups excluding tert-OH is 2. The van der Waals surface area contributed by atoms with E-state index in [2.05, 4.69) is 0 Å². The largest absolute Gasteiger partial charge is 0.451 e. The van der Waals surface area contributed by atoms with E-state index in [0.717, 1.165) is 0 Å². The van der Waals surface area contributed by atoms with E-state index in [0.29, 0.717) is 23.9 Å². The maximum absolute atomic E-state index is 12.5. The monoisotopic (exact) mass is 303 g/mol. The van der Waals surface area contributed by atoms with Crippen LogP contribution >= 0.6 is 0 Å². The van der Waals surface area contributed by atoms with Crippen molar-refractivity contribution < 1.29 is 19.4 Å². The summed E-state index contributed by atoms with van der Waals surface area (Å²) < 4.78 is 5.52. The zero-order valence-electron chi connectivity index (χ0n) is 11.9. The summed E-state index contributed by atoms with van der Waals surface area (Å²) in [6, 6.07) is 7.94. The first-order valence-corrected chi connectivity index (χ1v) is 7.21. The van der Waals surface area contributed by atoms with Gasteiger partial charge in [0.2, 0.25) is 0 Å². The van der Waals surface area contributed by atoms with E-state index in [-0.39, 0.29) is 30.3 Å². The fourth-order valence-corrected chi connectivity index (χ4v) is 2.74. The Morgan fingerprint density at radius 2 is 2.14 bits per heavy atom. The van der Waals surface area contributed by atoms with Gasteiger partial charge in [0, 0.05) is 31.7 Å². The number of hydrogen-bond donors (Lipinski definition) is 2. The average Bonchev–Trinajstić information content (AvgIpc) is 2.54. The van der Waals surface area contributed by atoms with E-state index >= 15 is 0 Å². The molecular formula is C16H17NO5. The molecule has 0 aliphatic carbocycles. The lowest BCUT2D eigenvalue weighted by molar-refractivity contribution is -0.000209. The van der Waals surface area contributed by atoms with Crippen LogP contribution in [0.2, 0.25) is 0 Å². The maximum atomic E-state index is 12.5. The van der Waals surface area contributed by atoms with Crippen molar-refractivity contribution in [2.24, 2.45) is 5.92 Å². The van der Waals surface area contributed by atoms with Crippen molar-refractivity contribution in [1.82, 2.24) is 4.90 Å². The number of β-amino-alcohol motifs (C(OH)–C–C–N with tert-alkyl or cyclic N) is 1. The molecule has 6 nitrogen and oxygen atoms in total. The number of fused-ring (bicyclic) bond motifs is 1. The summed E-state index contributed by atoms with van der Waals surface area (Å²) in [4.78, 5) is 25.9. The van der Waals surface area contributed by atoms with Crippen LogP contribution in [0.4, 0.5) is 0 Å². The number of para-hydroxylation sites is 1. The lowest BCUT2D eigenvalue weighted by Crippen LogP contribution is -2.47. The summed E-state index contributed by atoms with van der Waals surface area (Å²) in [6.07, 6.45) is -0.254. The van der Waals surface area contributed by atoms with E-state index in [9.17, 15) is 14.7 Å². The lowest BCUT2D eigenvalue weighted by atomic mass is 9.94. The second-order valence-corrected chi connectivity index (χ2v) is 5.52. The van der Waals surface area contributed by atoms with Crippen LogP contribution in [0.1, 0.15) is 17.0 Å². The molecule has 3 rings (SSSR count). The van der Waals surface area contributed by atoms with Crippen LogP contribution < -0.4 is 5.43 Å². The number of piperidine rings is 1. The summed E-state index contributed by atoms with van der Waals surface area (Å²) in [6.45, 7) is 0.437. The van der Waals surface area contributed by atoms with Crippen LogP contribution in [0.5, 0.6) is 0 Å². The Hall–Kier alpha value is -2.18. The molecule has 1 aliphatic rings. The van der Waals surface area contributed by atoms with Gasteiger partial charge in [-0.15, -0.1) is 0 Å². The molecule has 116 valence electrons. The van der Waals surface area contributed by atoms with Gasteiger partial charge in [0.05, 0.1) is 11.5 Å². The number of rotatable bonds is 2. The fourth-order valence-electron chi connectivity index (χ4n) is 2.74. The molecule has 0 unspecified atom stereocenters. The van der Waals surface area contributed by atoms with E-state index < -0.39 is 12.0 Å². The first-order chi connectivity index (χ1) is 10.6. The van der Waals surface area contributed by atoms with E-state index in [1.54, 1.807) is 24.3 Å². The van der Waals surface area contributed by atoms with Gasteiger partial charge in [0.1, 0.15) is 5.58 Å². The van der Waals surface area contributed by atoms with Crippen molar-refractivity contribution >= 4 is 16.9 Å². The van der Waals surface area contributed by atoms with Crippen LogP contribution in [-0.4, -0.2) is 46.8 Å². The Bertz CT molecular complexity index is 754. The fraction of sp³-hybridized carbons (Fsp3) is 0.375. The molecule has 0 saturated carbocycles. The van der Waals surface area contributed by atoms with Gasteiger partial charge in [-0.2, -0.15) is 0 Å². The van der Waals surface area contributed by atoms with Crippen molar-refractivity contribution in [3.8, 4) is 0 Å². The molecule has 2 heterocycles. The van der Waals surface area contributed by atoms with Crippen molar-refractivity contribution in [2.45, 2.75) is 12.5 Å². The smallest absolute Gasteiger partial charge is 0.289 e. The normalized spacial score (nSPS) is 22.0. The number of carbonyl (C=O) groups is 1. The van der Waals surface area contributed by atoms with E-state index in [1.165, 1.54) is 11.0 Å². The molecule has 1 aromatic heterocycles. The molecule has 0 radical (unpaired) electrons. The second-order valence-electron chi connectivity index (χ2n) is 5.52. The molecule has 1 amide bonds. The Morgan fingerprint density at radius 3 is 2.86 bits per heavy atom. The van der Waals surface area contributed by atoms with Crippen molar-refractivity contribution in [3.63, 3.8) is 0 Å². The van der Waals surface area contributed by atoms with Gasteiger partial charge in [-0.1, -0.05) is 12.1 Å². The topological polar surface area (TPSA) is 91.0 Å². The number of amides is 1. The highest BCUT2D eigenvalue weighted by atomic mass is 16.3. The van der Waals surface area contributed by atoms with Crippen LogP contribution in [0.25, 0.3) is 11.0 Å². The van der Waals surface area contributed by atoms with Gasteiger partial charge in [-0.25, -0.2) is 0 Å². The highest BCUT2D eigenvalue weighted by Crippen LogP contribution is 2.20. The van der Waals surface area contributed by atoms with Crippen LogP contribution in [0, 0.1) is 5.92 Å². The van der Waals surface area contributed by atoms with Gasteiger partial charge in [-0.3, -0.25) is 9.59 Å². The summed E-state index contributed by atoms with van der Waals surface area (Å²) in [5.41, 5.74) is 0.0973. The molecule has 6 heteroatoms. The van der Waals surface area contributed by atoms with Gasteiger partial charge in [0.15, 0.2) is 11.2 Å². The average molecular weight is 303 g/mol. The van der Waals surface area contributed by atoms with Crippen LogP contribution in [0.3, 0.4) is 0 Å². The Labute approximate surface area is 126 Å². The number of likely N-dealkylation sites (tertiary alicyclic amines) is 1. The Morgan fingerprint density at radius 1 is 1.36 bits per heavy atom. The zero-order valence-corrected chi connectivity index (χ0v) is 11.9. The molecule has 0 spiro atoms. The molecule has 1 fully saturated rings. The van der Waals surface area contributed by atoms with E-state index in [1.807, 2.05) is 0 Å². The highest BCUT2D eigenvalue weighted by molar-refractivity contribution is 5.93. The number of benzene rings is 1. The summed E-state index contributed by atoms with van der Waals surface area (Å²) in [5.74, 6) is -0.663.